The summed E-state index contributed by atoms with van der Waals surface area (Å²) in [6.07, 6.45) is 0. The fraction of sp³-hybridized carbons (Fsp3) is 0. The quantitative estimate of drug-likeness (QED) is 0.188. The van der Waals surface area contributed by atoms with E-state index in [9.17, 15) is 30.0 Å². The number of carboxylic acids is 2. The van der Waals surface area contributed by atoms with E-state index in [1.54, 1.807) is 24.3 Å². The summed E-state index contributed by atoms with van der Waals surface area (Å²) in [6, 6.07) is 17.4. The Balaban J connectivity index is 2.05. The van der Waals surface area contributed by atoms with Crippen molar-refractivity contribution >= 4 is 65.8 Å². The minimum atomic E-state index is -1.20. The zero-order valence-electron chi connectivity index (χ0n) is 20.5. The molecule has 6 N–H and O–H groups in total. The van der Waals surface area contributed by atoms with Crippen LogP contribution in [0.1, 0.15) is 20.7 Å². The molecule has 0 spiro atoms. The lowest BCUT2D eigenvalue weighted by Gasteiger charge is -2.08. The molecular weight excluding hydrogens is 508 g/mol. The molecule has 0 fully saturated rings. The predicted octanol–water partition coefficient (Wildman–Crippen LogP) is 3.56. The van der Waals surface area contributed by atoms with Gasteiger partial charge in [-0.2, -0.15) is 0 Å². The van der Waals surface area contributed by atoms with Gasteiger partial charge < -0.3 is 10.2 Å². The van der Waals surface area contributed by atoms with E-state index < -0.39 is 17.4 Å². The fourth-order valence-corrected chi connectivity index (χ4v) is 5.24. The van der Waals surface area contributed by atoms with Crippen LogP contribution >= 0.6 is 0 Å². The van der Waals surface area contributed by atoms with Gasteiger partial charge in [0.15, 0.2) is 5.43 Å². The first-order valence-electron chi connectivity index (χ1n) is 12.0. The molecule has 0 heterocycles. The second-order valence-electron chi connectivity index (χ2n) is 9.45. The largest absolute Gasteiger partial charge is 0.478 e. The Morgan fingerprint density at radius 1 is 0.475 bits per heavy atom. The average molecular weight is 527 g/mol. The van der Waals surface area contributed by atoms with Gasteiger partial charge in [-0.05, 0) is 30.3 Å². The van der Waals surface area contributed by atoms with E-state index in [-0.39, 0.29) is 81.0 Å². The Morgan fingerprint density at radius 2 is 0.900 bits per heavy atom. The predicted molar refractivity (Wildman–Crippen MR) is 149 cm³/mol. The Labute approximate surface area is 222 Å². The minimum absolute atomic E-state index is 0.0509. The van der Waals surface area contributed by atoms with Crippen LogP contribution in [0.15, 0.2) is 77.6 Å². The van der Waals surface area contributed by atoms with Crippen molar-refractivity contribution in [2.24, 2.45) is 0 Å². The summed E-state index contributed by atoms with van der Waals surface area (Å²) < 4.78 is 0. The van der Waals surface area contributed by atoms with E-state index >= 15 is 0 Å². The molecule has 0 amide bonds. The highest BCUT2D eigenvalue weighted by Crippen LogP contribution is 2.21. The topological polar surface area (TPSA) is 187 Å². The number of fused-ring (bicyclic) bond motifs is 2. The smallest absolute Gasteiger partial charge is 0.335 e. The number of carboxylic acid groups (broad SMARTS) is 2. The molecule has 0 radical (unpaired) electrons. The van der Waals surface area contributed by atoms with Gasteiger partial charge in [-0.1, -0.05) is 42.5 Å². The molecule has 8 aromatic rings. The highest BCUT2D eigenvalue weighted by Gasteiger charge is 2.15. The fourth-order valence-electron chi connectivity index (χ4n) is 5.24. The molecule has 0 aliphatic heterocycles. The molecule has 0 aliphatic rings. The summed E-state index contributed by atoms with van der Waals surface area (Å²) in [6.45, 7) is 0. The van der Waals surface area contributed by atoms with Crippen LogP contribution in [0.4, 0.5) is 0 Å². The zero-order chi connectivity index (χ0) is 28.5. The van der Waals surface area contributed by atoms with Crippen molar-refractivity contribution < 1.29 is 19.8 Å². The number of aromatic carboxylic acids is 2. The van der Waals surface area contributed by atoms with Crippen molar-refractivity contribution in [3.05, 3.63) is 116 Å². The molecule has 0 saturated heterocycles. The third-order valence-electron chi connectivity index (χ3n) is 7.27. The lowest BCUT2D eigenvalue weighted by Crippen LogP contribution is -2.18. The zero-order valence-corrected chi connectivity index (χ0v) is 20.5. The standard InChI is InChI=1S/C31H18N4O5/c32-25-13-1-3-14(4-2-13)29(36)20-10-9-19(26(33)17-7-5-15(30(37)38)11-21(17)25)23-24(20)27(34)18-8-6-16(31(39)40)12-22(18)28(23)35/h1-12,32-35H,(H,37,38)(H,39,40). The first-order chi connectivity index (χ1) is 19.1. The number of hydrogen-bond acceptors (Lipinski definition) is 7. The highest BCUT2D eigenvalue weighted by atomic mass is 16.4. The lowest BCUT2D eigenvalue weighted by molar-refractivity contribution is 0.0686. The van der Waals surface area contributed by atoms with Crippen LogP contribution in [0.5, 0.6) is 0 Å². The van der Waals surface area contributed by atoms with Crippen LogP contribution in [-0.4, -0.2) is 22.2 Å². The molecule has 0 aliphatic carbocycles. The summed E-state index contributed by atoms with van der Waals surface area (Å²) >= 11 is 0. The van der Waals surface area contributed by atoms with Gasteiger partial charge in [0.25, 0.3) is 0 Å². The highest BCUT2D eigenvalue weighted by molar-refractivity contribution is 6.13. The molecule has 192 valence electrons. The first kappa shape index (κ1) is 24.5. The summed E-state index contributed by atoms with van der Waals surface area (Å²) in [4.78, 5) is 37.2. The molecule has 0 unspecified atom stereocenters. The molecule has 0 saturated carbocycles. The molecular formula is C31H18N4O5. The summed E-state index contributed by atoms with van der Waals surface area (Å²) in [7, 11) is 0. The van der Waals surface area contributed by atoms with Gasteiger partial charge in [-0.3, -0.25) is 26.4 Å². The first-order valence-corrected chi connectivity index (χ1v) is 12.0. The molecule has 9 nitrogen and oxygen atoms in total. The summed E-state index contributed by atoms with van der Waals surface area (Å²) in [5.41, 5.74) is -0.565. The van der Waals surface area contributed by atoms with Crippen LogP contribution in [0, 0.1) is 21.6 Å². The van der Waals surface area contributed by atoms with E-state index in [4.69, 9.17) is 16.2 Å². The van der Waals surface area contributed by atoms with Crippen LogP contribution in [0.2, 0.25) is 0 Å². The number of hydrogen-bond donors (Lipinski definition) is 6. The number of carbonyl (C=O) groups is 2. The Kier molecular flexibility index (Phi) is 5.27. The van der Waals surface area contributed by atoms with Crippen molar-refractivity contribution in [3.8, 4) is 0 Å². The van der Waals surface area contributed by atoms with E-state index in [1.807, 2.05) is 0 Å². The van der Waals surface area contributed by atoms with Crippen molar-refractivity contribution in [2.45, 2.75) is 0 Å². The lowest BCUT2D eigenvalue weighted by atomic mass is 9.94. The van der Waals surface area contributed by atoms with E-state index in [1.165, 1.54) is 48.5 Å². The third-order valence-corrected chi connectivity index (χ3v) is 7.27. The van der Waals surface area contributed by atoms with Crippen molar-refractivity contribution in [2.75, 3.05) is 0 Å². The maximum Gasteiger partial charge on any atom is 0.335 e. The monoisotopic (exact) mass is 526 g/mol. The van der Waals surface area contributed by atoms with Gasteiger partial charge in [-0.25, -0.2) is 9.59 Å². The molecule has 9 heteroatoms. The van der Waals surface area contributed by atoms with Gasteiger partial charge >= 0.3 is 11.9 Å². The Hall–Kier alpha value is -5.83. The van der Waals surface area contributed by atoms with Gasteiger partial charge in [0, 0.05) is 53.9 Å². The number of rotatable bonds is 2. The van der Waals surface area contributed by atoms with Crippen LogP contribution in [0.25, 0.3) is 53.9 Å². The normalized spacial score (nSPS) is 11.4. The Morgan fingerprint density at radius 3 is 1.48 bits per heavy atom. The third kappa shape index (κ3) is 3.45. The van der Waals surface area contributed by atoms with E-state index in [0.29, 0.717) is 5.39 Å². The second kappa shape index (κ2) is 8.60. The van der Waals surface area contributed by atoms with Crippen LogP contribution < -0.4 is 26.9 Å². The average Bonchev–Trinajstić information content (AvgIpc) is 2.98. The molecule has 40 heavy (non-hydrogen) atoms. The Bertz CT molecular complexity index is 2480. The molecule has 8 aromatic carbocycles. The van der Waals surface area contributed by atoms with Crippen molar-refractivity contribution in [1.29, 1.82) is 21.6 Å². The SMILES string of the molecule is N=c1c2ccc(cc2)c(=O)c2ccc(c(=N)c3ccc(C(=O)O)cc13)c1c(=N)c3cc(C(=O)O)ccc3c(=N)c21. The minimum Gasteiger partial charge on any atom is -0.478 e. The van der Waals surface area contributed by atoms with Gasteiger partial charge in [0.2, 0.25) is 0 Å². The maximum absolute atomic E-state index is 13.7. The summed E-state index contributed by atoms with van der Waals surface area (Å²) in [5, 5.41) is 57.1. The van der Waals surface area contributed by atoms with Crippen molar-refractivity contribution in [3.63, 3.8) is 0 Å². The molecule has 0 atom stereocenters. The maximum atomic E-state index is 13.7. The van der Waals surface area contributed by atoms with Gasteiger partial charge in [0.1, 0.15) is 0 Å². The molecule has 8 rings (SSSR count). The van der Waals surface area contributed by atoms with Crippen molar-refractivity contribution in [1.82, 2.24) is 0 Å². The van der Waals surface area contributed by atoms with Crippen LogP contribution in [-0.2, 0) is 0 Å². The van der Waals surface area contributed by atoms with Gasteiger partial charge in [-0.15, -0.1) is 0 Å². The second-order valence-corrected chi connectivity index (χ2v) is 9.45. The molecule has 4 bridgehead atoms. The van der Waals surface area contributed by atoms with E-state index in [2.05, 4.69) is 0 Å². The number of benzene rings is 5. The molecule has 0 aromatic heterocycles. The number of nitrogens with one attached hydrogen (secondary N) is 4. The van der Waals surface area contributed by atoms with Crippen LogP contribution in [0.3, 0.4) is 0 Å². The summed E-state index contributed by atoms with van der Waals surface area (Å²) in [5.74, 6) is -2.40. The van der Waals surface area contributed by atoms with E-state index in [0.717, 1.165) is 0 Å². The van der Waals surface area contributed by atoms with Gasteiger partial charge in [0.05, 0.1) is 32.6 Å².